The molecule has 8 heteroatoms. The van der Waals surface area contributed by atoms with Crippen molar-refractivity contribution in [2.45, 2.75) is 44.6 Å². The van der Waals surface area contributed by atoms with E-state index in [1.54, 1.807) is 36.5 Å². The number of nitrogens with one attached hydrogen (secondary N) is 2. The van der Waals surface area contributed by atoms with Gasteiger partial charge >= 0.3 is 0 Å². The monoisotopic (exact) mass is 573 g/mol. The molecule has 8 nitrogen and oxygen atoms in total. The molecule has 1 aromatic heterocycles. The largest absolute Gasteiger partial charge is 0.372 e. The van der Waals surface area contributed by atoms with Crippen LogP contribution in [-0.2, 0) is 6.42 Å². The molecule has 2 heterocycles. The Morgan fingerprint density at radius 2 is 1.58 bits per heavy atom. The number of nitrogens with two attached hydrogens (primary N) is 1. The molecular weight excluding hydrogens is 538 g/mol. The van der Waals surface area contributed by atoms with Crippen molar-refractivity contribution in [3.8, 4) is 11.3 Å². The second-order valence-corrected chi connectivity index (χ2v) is 11.2. The minimum atomic E-state index is -0.600. The SMILES string of the molecule is NC(=O)c1cccc(C(=O)Nc2ccc(N3CCCCC3)cc2-c2cc(C(=O)N[C@H]3CCCc4ccccc43)ccn2)c1. The van der Waals surface area contributed by atoms with E-state index in [-0.39, 0.29) is 23.4 Å². The second kappa shape index (κ2) is 12.5. The van der Waals surface area contributed by atoms with Crippen molar-refractivity contribution in [1.82, 2.24) is 10.3 Å². The molecule has 3 aromatic carbocycles. The molecule has 6 rings (SSSR count). The summed E-state index contributed by atoms with van der Waals surface area (Å²) in [6, 6.07) is 24.0. The molecule has 0 spiro atoms. The number of pyridine rings is 1. The number of amides is 3. The van der Waals surface area contributed by atoms with Gasteiger partial charge in [0.25, 0.3) is 11.8 Å². The third-order valence-corrected chi connectivity index (χ3v) is 8.35. The highest BCUT2D eigenvalue weighted by Gasteiger charge is 2.23. The molecule has 0 saturated carbocycles. The van der Waals surface area contributed by atoms with Gasteiger partial charge in [-0.2, -0.15) is 0 Å². The Bertz CT molecular complexity index is 1680. The minimum Gasteiger partial charge on any atom is -0.372 e. The van der Waals surface area contributed by atoms with Crippen LogP contribution in [-0.4, -0.2) is 35.8 Å². The van der Waals surface area contributed by atoms with Gasteiger partial charge in [0, 0.05) is 47.2 Å². The summed E-state index contributed by atoms with van der Waals surface area (Å²) < 4.78 is 0. The summed E-state index contributed by atoms with van der Waals surface area (Å²) in [5.74, 6) is -1.14. The Balaban J connectivity index is 1.31. The van der Waals surface area contributed by atoms with Gasteiger partial charge in [0.1, 0.15) is 0 Å². The molecular formula is C35H35N5O3. The third kappa shape index (κ3) is 6.28. The molecule has 218 valence electrons. The van der Waals surface area contributed by atoms with E-state index < -0.39 is 5.91 Å². The van der Waals surface area contributed by atoms with Crippen LogP contribution in [0.5, 0.6) is 0 Å². The number of hydrogen-bond acceptors (Lipinski definition) is 5. The van der Waals surface area contributed by atoms with E-state index in [0.29, 0.717) is 28.1 Å². The molecule has 4 aromatic rings. The van der Waals surface area contributed by atoms with Gasteiger partial charge in [0.2, 0.25) is 5.91 Å². The first-order valence-corrected chi connectivity index (χ1v) is 14.9. The van der Waals surface area contributed by atoms with Crippen molar-refractivity contribution < 1.29 is 14.4 Å². The number of fused-ring (bicyclic) bond motifs is 1. The lowest BCUT2D eigenvalue weighted by atomic mass is 9.87. The van der Waals surface area contributed by atoms with Crippen LogP contribution in [0.1, 0.15) is 80.3 Å². The van der Waals surface area contributed by atoms with Crippen LogP contribution in [0.15, 0.2) is 85.1 Å². The average Bonchev–Trinajstić information content (AvgIpc) is 3.05. The quantitative estimate of drug-likeness (QED) is 0.255. The standard InChI is InChI=1S/C35H35N5O3/c36-33(41)24-10-6-11-25(20-24)34(42)39-31-15-14-27(40-18-4-1-5-19-40)22-29(31)32-21-26(16-17-37-32)35(43)38-30-13-7-9-23-8-2-3-12-28(23)30/h2-3,6,8,10-12,14-17,20-22,30H,1,4-5,7,9,13,18-19H2,(H2,36,41)(H,38,43)(H,39,42)/t30-/m0/s1. The molecule has 0 bridgehead atoms. The van der Waals surface area contributed by atoms with Gasteiger partial charge in [-0.3, -0.25) is 19.4 Å². The number of benzene rings is 3. The summed E-state index contributed by atoms with van der Waals surface area (Å²) in [6.45, 7) is 1.92. The first-order valence-electron chi connectivity index (χ1n) is 14.9. The highest BCUT2D eigenvalue weighted by molar-refractivity contribution is 6.08. The van der Waals surface area contributed by atoms with Gasteiger partial charge in [0.15, 0.2) is 0 Å². The smallest absolute Gasteiger partial charge is 0.255 e. The number of carbonyl (C=O) groups excluding carboxylic acids is 3. The fourth-order valence-corrected chi connectivity index (χ4v) is 6.07. The lowest BCUT2D eigenvalue weighted by Gasteiger charge is -2.29. The van der Waals surface area contributed by atoms with Gasteiger partial charge in [-0.15, -0.1) is 0 Å². The maximum Gasteiger partial charge on any atom is 0.255 e. The van der Waals surface area contributed by atoms with Gasteiger partial charge in [0.05, 0.1) is 17.4 Å². The summed E-state index contributed by atoms with van der Waals surface area (Å²) in [5, 5.41) is 6.23. The van der Waals surface area contributed by atoms with Crippen LogP contribution in [0.25, 0.3) is 11.3 Å². The molecule has 1 aliphatic heterocycles. The Hall–Kier alpha value is -4.98. The van der Waals surface area contributed by atoms with Gasteiger partial charge in [-0.1, -0.05) is 30.3 Å². The van der Waals surface area contributed by atoms with Gasteiger partial charge in [-0.05, 0) is 98.2 Å². The van der Waals surface area contributed by atoms with Crippen molar-refractivity contribution in [1.29, 1.82) is 0 Å². The maximum absolute atomic E-state index is 13.5. The van der Waals surface area contributed by atoms with Crippen molar-refractivity contribution in [2.75, 3.05) is 23.3 Å². The van der Waals surface area contributed by atoms with E-state index in [2.05, 4.69) is 32.7 Å². The Labute approximate surface area is 251 Å². The number of aryl methyl sites for hydroxylation is 1. The third-order valence-electron chi connectivity index (χ3n) is 8.35. The van der Waals surface area contributed by atoms with Gasteiger partial charge < -0.3 is 21.3 Å². The predicted octanol–water partition coefficient (Wildman–Crippen LogP) is 5.90. The van der Waals surface area contributed by atoms with Crippen molar-refractivity contribution in [3.05, 3.63) is 113 Å². The van der Waals surface area contributed by atoms with Crippen LogP contribution < -0.4 is 21.3 Å². The number of anilines is 2. The summed E-state index contributed by atoms with van der Waals surface area (Å²) in [5.41, 5.74) is 11.9. The van der Waals surface area contributed by atoms with Crippen LogP contribution >= 0.6 is 0 Å². The first-order chi connectivity index (χ1) is 21.0. The molecule has 0 unspecified atom stereocenters. The lowest BCUT2D eigenvalue weighted by Crippen LogP contribution is -2.31. The zero-order valence-corrected chi connectivity index (χ0v) is 24.0. The summed E-state index contributed by atoms with van der Waals surface area (Å²) in [7, 11) is 0. The highest BCUT2D eigenvalue weighted by atomic mass is 16.2. The number of primary amides is 1. The molecule has 4 N–H and O–H groups in total. The maximum atomic E-state index is 13.5. The minimum absolute atomic E-state index is 0.0393. The van der Waals surface area contributed by atoms with E-state index in [1.165, 1.54) is 23.6 Å². The zero-order chi connectivity index (χ0) is 29.8. The highest BCUT2D eigenvalue weighted by Crippen LogP contribution is 2.34. The van der Waals surface area contributed by atoms with Crippen molar-refractivity contribution >= 4 is 29.1 Å². The number of carbonyl (C=O) groups is 3. The molecule has 1 fully saturated rings. The normalized spacial score (nSPS) is 16.2. The van der Waals surface area contributed by atoms with Crippen LogP contribution in [0, 0.1) is 0 Å². The molecule has 0 radical (unpaired) electrons. The Kier molecular flexibility index (Phi) is 8.18. The Morgan fingerprint density at radius 3 is 2.42 bits per heavy atom. The number of nitrogens with zero attached hydrogens (tertiary/aromatic N) is 2. The summed E-state index contributed by atoms with van der Waals surface area (Å²) in [4.78, 5) is 45.4. The van der Waals surface area contributed by atoms with Crippen LogP contribution in [0.2, 0.25) is 0 Å². The molecule has 43 heavy (non-hydrogen) atoms. The lowest BCUT2D eigenvalue weighted by molar-refractivity contribution is 0.0931. The molecule has 1 aliphatic carbocycles. The predicted molar refractivity (Wildman–Crippen MR) is 168 cm³/mol. The Morgan fingerprint density at radius 1 is 0.791 bits per heavy atom. The average molecular weight is 574 g/mol. The number of aromatic nitrogens is 1. The van der Waals surface area contributed by atoms with E-state index in [0.717, 1.165) is 50.9 Å². The van der Waals surface area contributed by atoms with Crippen LogP contribution in [0.3, 0.4) is 0 Å². The molecule has 3 amide bonds. The number of piperidine rings is 1. The fourth-order valence-electron chi connectivity index (χ4n) is 6.07. The van der Waals surface area contributed by atoms with E-state index in [9.17, 15) is 14.4 Å². The molecule has 1 saturated heterocycles. The fraction of sp³-hybridized carbons (Fsp3) is 0.257. The summed E-state index contributed by atoms with van der Waals surface area (Å²) in [6.07, 6.45) is 8.05. The van der Waals surface area contributed by atoms with Crippen molar-refractivity contribution in [3.63, 3.8) is 0 Å². The topological polar surface area (TPSA) is 117 Å². The van der Waals surface area contributed by atoms with E-state index >= 15 is 0 Å². The molecule has 2 aliphatic rings. The second-order valence-electron chi connectivity index (χ2n) is 11.2. The first kappa shape index (κ1) is 28.2. The van der Waals surface area contributed by atoms with E-state index in [4.69, 9.17) is 5.73 Å². The van der Waals surface area contributed by atoms with Gasteiger partial charge in [-0.25, -0.2) is 0 Å². The summed E-state index contributed by atoms with van der Waals surface area (Å²) >= 11 is 0. The number of hydrogen-bond donors (Lipinski definition) is 3. The van der Waals surface area contributed by atoms with Crippen LogP contribution in [0.4, 0.5) is 11.4 Å². The zero-order valence-electron chi connectivity index (χ0n) is 24.0. The van der Waals surface area contributed by atoms with Crippen molar-refractivity contribution in [2.24, 2.45) is 5.73 Å². The number of rotatable bonds is 7. The van der Waals surface area contributed by atoms with E-state index in [1.807, 2.05) is 30.3 Å². The molecule has 1 atom stereocenters.